The van der Waals surface area contributed by atoms with Crippen molar-refractivity contribution in [2.75, 3.05) is 0 Å². The second kappa shape index (κ2) is 10.8. The van der Waals surface area contributed by atoms with Gasteiger partial charge in [-0.25, -0.2) is 15.0 Å². The first kappa shape index (κ1) is 28.6. The third-order valence-electron chi connectivity index (χ3n) is 10.3. The van der Waals surface area contributed by atoms with Crippen LogP contribution < -0.4 is 0 Å². The maximum Gasteiger partial charge on any atom is 0.228 e. The zero-order valence-corrected chi connectivity index (χ0v) is 27.7. The van der Waals surface area contributed by atoms with E-state index in [-0.39, 0.29) is 5.41 Å². The number of aromatic nitrogens is 3. The Balaban J connectivity index is 1.14. The highest BCUT2D eigenvalue weighted by Gasteiger charge is 2.35. The molecule has 6 aromatic carbocycles. The number of hydrogen-bond acceptors (Lipinski definition) is 4. The fourth-order valence-corrected chi connectivity index (χ4v) is 7.81. The number of hydrogen-bond donors (Lipinski definition) is 0. The highest BCUT2D eigenvalue weighted by atomic mass is 16.3. The van der Waals surface area contributed by atoms with Gasteiger partial charge in [0, 0.05) is 38.4 Å². The minimum absolute atomic E-state index is 0.106. The van der Waals surface area contributed by atoms with Gasteiger partial charge in [0.2, 0.25) is 5.71 Å². The van der Waals surface area contributed by atoms with Crippen LogP contribution in [0.3, 0.4) is 0 Å². The van der Waals surface area contributed by atoms with Crippen LogP contribution in [-0.4, -0.2) is 15.0 Å². The van der Waals surface area contributed by atoms with Crippen LogP contribution in [0.25, 0.3) is 89.1 Å². The van der Waals surface area contributed by atoms with Gasteiger partial charge in [-0.15, -0.1) is 0 Å². The van der Waals surface area contributed by atoms with Gasteiger partial charge >= 0.3 is 0 Å². The summed E-state index contributed by atoms with van der Waals surface area (Å²) in [4.78, 5) is 15.5. The van der Waals surface area contributed by atoms with Crippen LogP contribution in [-0.2, 0) is 5.41 Å². The third kappa shape index (κ3) is 4.35. The zero-order chi connectivity index (χ0) is 33.4. The Morgan fingerprint density at radius 3 is 1.94 bits per heavy atom. The molecule has 0 radical (unpaired) electrons. The molecule has 0 spiro atoms. The van der Waals surface area contributed by atoms with E-state index in [1.54, 1.807) is 0 Å². The van der Waals surface area contributed by atoms with Gasteiger partial charge in [0.25, 0.3) is 0 Å². The lowest BCUT2D eigenvalue weighted by Crippen LogP contribution is -2.14. The third-order valence-corrected chi connectivity index (χ3v) is 10.3. The summed E-state index contributed by atoms with van der Waals surface area (Å²) >= 11 is 0. The molecular formula is C46H31N3O. The predicted molar refractivity (Wildman–Crippen MR) is 204 cm³/mol. The van der Waals surface area contributed by atoms with Crippen molar-refractivity contribution < 1.29 is 4.42 Å². The second-order valence-electron chi connectivity index (χ2n) is 13.6. The fourth-order valence-electron chi connectivity index (χ4n) is 7.81. The zero-order valence-electron chi connectivity index (χ0n) is 27.7. The molecule has 3 aromatic heterocycles. The maximum atomic E-state index is 6.30. The van der Waals surface area contributed by atoms with Crippen LogP contribution in [0.5, 0.6) is 0 Å². The van der Waals surface area contributed by atoms with E-state index >= 15 is 0 Å². The van der Waals surface area contributed by atoms with Crippen molar-refractivity contribution in [3.63, 3.8) is 0 Å². The topological polar surface area (TPSA) is 51.8 Å². The molecule has 0 aliphatic heterocycles. The van der Waals surface area contributed by atoms with E-state index in [0.29, 0.717) is 11.5 Å². The van der Waals surface area contributed by atoms with Gasteiger partial charge in [-0.1, -0.05) is 141 Å². The van der Waals surface area contributed by atoms with Crippen molar-refractivity contribution in [3.8, 4) is 56.3 Å². The van der Waals surface area contributed by atoms with Gasteiger partial charge in [0.05, 0.1) is 22.5 Å². The summed E-state index contributed by atoms with van der Waals surface area (Å²) in [6.45, 7) is 4.63. The average Bonchev–Trinajstić information content (AvgIpc) is 3.66. The lowest BCUT2D eigenvalue weighted by molar-refractivity contribution is 0.655. The van der Waals surface area contributed by atoms with Gasteiger partial charge in [0.15, 0.2) is 5.82 Å². The smallest absolute Gasteiger partial charge is 0.228 e. The Bertz CT molecular complexity index is 2790. The molecule has 3 heterocycles. The van der Waals surface area contributed by atoms with Crippen LogP contribution >= 0.6 is 0 Å². The molecule has 0 N–H and O–H groups in total. The minimum atomic E-state index is -0.106. The van der Waals surface area contributed by atoms with Gasteiger partial charge < -0.3 is 4.42 Å². The normalized spacial score (nSPS) is 13.2. The number of rotatable bonds is 4. The minimum Gasteiger partial charge on any atom is -0.438 e. The first-order valence-electron chi connectivity index (χ1n) is 17.0. The summed E-state index contributed by atoms with van der Waals surface area (Å²) in [7, 11) is 0. The molecule has 1 aliphatic rings. The van der Waals surface area contributed by atoms with Crippen LogP contribution in [0.15, 0.2) is 156 Å². The van der Waals surface area contributed by atoms with Crippen LogP contribution in [0, 0.1) is 0 Å². The number of nitrogens with zero attached hydrogens (tertiary/aromatic N) is 3. The molecule has 10 rings (SSSR count). The molecular weight excluding hydrogens is 611 g/mol. The maximum absolute atomic E-state index is 6.30. The number of para-hydroxylation sites is 1. The van der Waals surface area contributed by atoms with E-state index in [1.807, 2.05) is 36.4 Å². The average molecular weight is 642 g/mol. The summed E-state index contributed by atoms with van der Waals surface area (Å²) < 4.78 is 6.30. The molecule has 50 heavy (non-hydrogen) atoms. The molecule has 0 saturated carbocycles. The molecule has 9 aromatic rings. The van der Waals surface area contributed by atoms with E-state index < -0.39 is 0 Å². The van der Waals surface area contributed by atoms with Crippen molar-refractivity contribution >= 4 is 32.8 Å². The van der Waals surface area contributed by atoms with Gasteiger partial charge in [0.1, 0.15) is 5.58 Å². The van der Waals surface area contributed by atoms with Crippen molar-refractivity contribution in [2.45, 2.75) is 19.3 Å². The van der Waals surface area contributed by atoms with E-state index in [9.17, 15) is 0 Å². The predicted octanol–water partition coefficient (Wildman–Crippen LogP) is 11.9. The molecule has 0 saturated heterocycles. The van der Waals surface area contributed by atoms with Gasteiger partial charge in [-0.2, -0.15) is 0 Å². The van der Waals surface area contributed by atoms with E-state index in [0.717, 1.165) is 66.5 Å². The lowest BCUT2D eigenvalue weighted by Gasteiger charge is -2.22. The molecule has 0 amide bonds. The molecule has 4 nitrogen and oxygen atoms in total. The van der Waals surface area contributed by atoms with E-state index in [2.05, 4.69) is 129 Å². The molecule has 0 fully saturated rings. The molecule has 1 aliphatic carbocycles. The Morgan fingerprint density at radius 1 is 0.460 bits per heavy atom. The Morgan fingerprint density at radius 2 is 1.10 bits per heavy atom. The van der Waals surface area contributed by atoms with Crippen LogP contribution in [0.1, 0.15) is 25.0 Å². The summed E-state index contributed by atoms with van der Waals surface area (Å²) in [5, 5.41) is 4.33. The van der Waals surface area contributed by atoms with E-state index in [4.69, 9.17) is 19.4 Å². The SMILES string of the molecule is CC1(C)c2ccccc2-c2ccc(-c3cc(-c4cccc(-c5nc6oc7ccccc7c6c6ccccc56)c4)nc(-c4ccccc4)n3)cc21. The number of pyridine rings is 1. The van der Waals surface area contributed by atoms with Crippen molar-refractivity contribution in [1.82, 2.24) is 15.0 Å². The standard InChI is InChI=1S/C46H31N3O/c1-46(2)37-21-10-8-17-32(37)33-24-23-30(26-38(33)46)40-27-39(47-44(48-40)28-13-4-3-5-14-28)29-15-12-16-31(25-29)43-35-19-7-6-18-34(35)42-36-20-9-11-22-41(36)50-45(42)49-43/h3-27H,1-2H3. The van der Waals surface area contributed by atoms with Crippen molar-refractivity contribution in [3.05, 3.63) is 163 Å². The summed E-state index contributed by atoms with van der Waals surface area (Å²) in [5.41, 5.74) is 13.3. The van der Waals surface area contributed by atoms with Gasteiger partial charge in [-0.05, 0) is 51.9 Å². The summed E-state index contributed by atoms with van der Waals surface area (Å²) in [5.74, 6) is 0.693. The Kier molecular flexibility index (Phi) is 6.19. The Labute approximate surface area is 289 Å². The molecule has 0 atom stereocenters. The fraction of sp³-hybridized carbons (Fsp3) is 0.0652. The van der Waals surface area contributed by atoms with Crippen LogP contribution in [0.2, 0.25) is 0 Å². The number of furan rings is 1. The quantitative estimate of drug-likeness (QED) is 0.192. The van der Waals surface area contributed by atoms with Gasteiger partial charge in [-0.3, -0.25) is 0 Å². The van der Waals surface area contributed by atoms with Crippen molar-refractivity contribution in [2.24, 2.45) is 0 Å². The largest absolute Gasteiger partial charge is 0.438 e. The van der Waals surface area contributed by atoms with Crippen LogP contribution in [0.4, 0.5) is 0 Å². The first-order valence-corrected chi connectivity index (χ1v) is 17.0. The lowest BCUT2D eigenvalue weighted by atomic mass is 9.82. The number of benzene rings is 6. The monoisotopic (exact) mass is 641 g/mol. The first-order chi connectivity index (χ1) is 24.5. The summed E-state index contributed by atoms with van der Waals surface area (Å²) in [6.07, 6.45) is 0. The van der Waals surface area contributed by atoms with Crippen molar-refractivity contribution in [1.29, 1.82) is 0 Å². The molecule has 0 unspecified atom stereocenters. The van der Waals surface area contributed by atoms with E-state index in [1.165, 1.54) is 22.3 Å². The molecule has 4 heteroatoms. The molecule has 236 valence electrons. The number of fused-ring (bicyclic) bond motifs is 8. The Hall–Kier alpha value is -6.39. The second-order valence-corrected chi connectivity index (χ2v) is 13.6. The molecule has 0 bridgehead atoms. The summed E-state index contributed by atoms with van der Waals surface area (Å²) in [6, 6.07) is 53.0. The highest BCUT2D eigenvalue weighted by Crippen LogP contribution is 2.49. The highest BCUT2D eigenvalue weighted by molar-refractivity contribution is 6.20.